The monoisotopic (exact) mass is 332 g/mol. The zero-order chi connectivity index (χ0) is 15.6. The number of carbonyl (C=O) groups is 1. The van der Waals surface area contributed by atoms with Crippen molar-refractivity contribution in [2.24, 2.45) is 5.92 Å². The van der Waals surface area contributed by atoms with Crippen LogP contribution in [-0.2, 0) is 4.79 Å². The molecule has 2 aromatic heterocycles. The van der Waals surface area contributed by atoms with Gasteiger partial charge in [-0.1, -0.05) is 0 Å². The molecule has 0 aromatic carbocycles. The van der Waals surface area contributed by atoms with Crippen LogP contribution < -0.4 is 4.90 Å². The molecule has 2 aliphatic heterocycles. The molecule has 7 nitrogen and oxygen atoms in total. The summed E-state index contributed by atoms with van der Waals surface area (Å²) < 4.78 is 1.68. The Morgan fingerprint density at radius 1 is 1.22 bits per heavy atom. The lowest BCUT2D eigenvalue weighted by Gasteiger charge is -2.36. The molecule has 1 amide bonds. The predicted octanol–water partition coefficient (Wildman–Crippen LogP) is 0.916. The van der Waals surface area contributed by atoms with Crippen molar-refractivity contribution in [2.75, 3.05) is 42.6 Å². The van der Waals surface area contributed by atoms with Crippen LogP contribution in [0.5, 0.6) is 0 Å². The molecule has 0 aliphatic carbocycles. The maximum absolute atomic E-state index is 12.7. The zero-order valence-electron chi connectivity index (χ0n) is 13.0. The number of amides is 1. The molecule has 1 atom stereocenters. The minimum Gasteiger partial charge on any atom is -0.354 e. The third kappa shape index (κ3) is 2.99. The van der Waals surface area contributed by atoms with E-state index in [2.05, 4.69) is 20.2 Å². The summed E-state index contributed by atoms with van der Waals surface area (Å²) in [7, 11) is 0. The number of hydrogen-bond acceptors (Lipinski definition) is 6. The van der Waals surface area contributed by atoms with Gasteiger partial charge in [0.05, 0.1) is 5.92 Å². The van der Waals surface area contributed by atoms with E-state index in [1.807, 2.05) is 28.8 Å². The number of hydrogen-bond donors (Lipinski definition) is 0. The highest BCUT2D eigenvalue weighted by molar-refractivity contribution is 7.99. The van der Waals surface area contributed by atoms with Gasteiger partial charge in [-0.15, -0.1) is 15.3 Å². The maximum atomic E-state index is 12.7. The summed E-state index contributed by atoms with van der Waals surface area (Å²) in [6.07, 6.45) is 3.62. The van der Waals surface area contributed by atoms with Crippen LogP contribution in [0, 0.1) is 5.92 Å². The molecule has 2 saturated heterocycles. The summed E-state index contributed by atoms with van der Waals surface area (Å²) in [6.45, 7) is 3.49. The third-order valence-electron chi connectivity index (χ3n) is 4.56. The Balaban J connectivity index is 1.48. The first-order valence-corrected chi connectivity index (χ1v) is 9.25. The molecule has 8 heteroatoms. The van der Waals surface area contributed by atoms with Crippen molar-refractivity contribution < 1.29 is 4.79 Å². The van der Waals surface area contributed by atoms with E-state index in [0.717, 1.165) is 62.0 Å². The largest absolute Gasteiger partial charge is 0.354 e. The molecule has 122 valence electrons. The number of rotatable bonds is 2. The van der Waals surface area contributed by atoms with Gasteiger partial charge in [0.1, 0.15) is 12.1 Å². The van der Waals surface area contributed by atoms with Gasteiger partial charge in [-0.3, -0.25) is 4.79 Å². The van der Waals surface area contributed by atoms with Gasteiger partial charge in [-0.25, -0.2) is 0 Å². The quantitative estimate of drug-likeness (QED) is 0.815. The molecule has 0 N–H and O–H groups in total. The molecular formula is C15H20N6OS. The molecular weight excluding hydrogens is 312 g/mol. The lowest BCUT2D eigenvalue weighted by molar-refractivity contribution is -0.135. The average Bonchev–Trinajstić information content (AvgIpc) is 3.09. The number of aromatic nitrogens is 4. The van der Waals surface area contributed by atoms with Crippen LogP contribution in [0.4, 0.5) is 5.82 Å². The number of thioether (sulfide) groups is 1. The minimum absolute atomic E-state index is 0.0882. The van der Waals surface area contributed by atoms with E-state index >= 15 is 0 Å². The molecule has 0 radical (unpaired) electrons. The van der Waals surface area contributed by atoms with Gasteiger partial charge in [0.15, 0.2) is 5.65 Å². The van der Waals surface area contributed by atoms with E-state index in [9.17, 15) is 4.79 Å². The van der Waals surface area contributed by atoms with Crippen molar-refractivity contribution in [2.45, 2.75) is 12.8 Å². The van der Waals surface area contributed by atoms with E-state index in [1.54, 1.807) is 10.8 Å². The van der Waals surface area contributed by atoms with Crippen molar-refractivity contribution in [3.05, 3.63) is 18.5 Å². The highest BCUT2D eigenvalue weighted by Crippen LogP contribution is 2.24. The Hall–Kier alpha value is -1.83. The Kier molecular flexibility index (Phi) is 4.07. The van der Waals surface area contributed by atoms with E-state index in [1.165, 1.54) is 0 Å². The van der Waals surface area contributed by atoms with Crippen LogP contribution in [0.2, 0.25) is 0 Å². The second kappa shape index (κ2) is 6.35. The number of piperidine rings is 1. The smallest absolute Gasteiger partial charge is 0.227 e. The van der Waals surface area contributed by atoms with Gasteiger partial charge in [0, 0.05) is 37.7 Å². The third-order valence-corrected chi connectivity index (χ3v) is 5.51. The zero-order valence-corrected chi connectivity index (χ0v) is 13.8. The van der Waals surface area contributed by atoms with Crippen molar-refractivity contribution in [3.63, 3.8) is 0 Å². The first-order chi connectivity index (χ1) is 11.3. The Morgan fingerprint density at radius 2 is 2.09 bits per heavy atom. The summed E-state index contributed by atoms with van der Waals surface area (Å²) >= 11 is 1.93. The topological polar surface area (TPSA) is 66.6 Å². The molecule has 23 heavy (non-hydrogen) atoms. The molecule has 0 bridgehead atoms. The molecule has 1 unspecified atom stereocenters. The Morgan fingerprint density at radius 3 is 2.96 bits per heavy atom. The molecule has 4 rings (SSSR count). The fourth-order valence-electron chi connectivity index (χ4n) is 3.32. The van der Waals surface area contributed by atoms with Crippen LogP contribution in [-0.4, -0.2) is 68.3 Å². The van der Waals surface area contributed by atoms with Crippen molar-refractivity contribution >= 4 is 29.1 Å². The van der Waals surface area contributed by atoms with E-state index in [0.29, 0.717) is 5.91 Å². The summed E-state index contributed by atoms with van der Waals surface area (Å²) in [5.74, 6) is 3.43. The fourth-order valence-corrected chi connectivity index (χ4v) is 4.22. The first kappa shape index (κ1) is 14.7. The lowest BCUT2D eigenvalue weighted by Crippen LogP contribution is -2.47. The molecule has 0 spiro atoms. The van der Waals surface area contributed by atoms with E-state index < -0.39 is 0 Å². The van der Waals surface area contributed by atoms with Crippen LogP contribution in [0.15, 0.2) is 18.5 Å². The van der Waals surface area contributed by atoms with Gasteiger partial charge in [0.25, 0.3) is 0 Å². The van der Waals surface area contributed by atoms with Crippen LogP contribution >= 0.6 is 11.8 Å². The molecule has 2 fully saturated rings. The van der Waals surface area contributed by atoms with Gasteiger partial charge in [0.2, 0.25) is 5.91 Å². The first-order valence-electron chi connectivity index (χ1n) is 8.10. The van der Waals surface area contributed by atoms with Gasteiger partial charge in [-0.2, -0.15) is 16.3 Å². The van der Waals surface area contributed by atoms with Crippen LogP contribution in [0.3, 0.4) is 0 Å². The normalized spacial score (nSPS) is 22.5. The van der Waals surface area contributed by atoms with Gasteiger partial charge < -0.3 is 9.80 Å². The van der Waals surface area contributed by atoms with Crippen molar-refractivity contribution in [1.82, 2.24) is 24.7 Å². The molecule has 0 saturated carbocycles. The second-order valence-corrected chi connectivity index (χ2v) is 7.27. The summed E-state index contributed by atoms with van der Waals surface area (Å²) in [6, 6.07) is 3.89. The lowest BCUT2D eigenvalue weighted by atomic mass is 9.96. The van der Waals surface area contributed by atoms with Crippen LogP contribution in [0.1, 0.15) is 12.8 Å². The highest BCUT2D eigenvalue weighted by atomic mass is 32.2. The van der Waals surface area contributed by atoms with Gasteiger partial charge >= 0.3 is 0 Å². The van der Waals surface area contributed by atoms with Crippen molar-refractivity contribution in [3.8, 4) is 0 Å². The number of carbonyl (C=O) groups excluding carboxylic acids is 1. The number of nitrogens with zero attached hydrogens (tertiary/aromatic N) is 6. The van der Waals surface area contributed by atoms with Gasteiger partial charge in [-0.05, 0) is 25.0 Å². The Bertz CT molecular complexity index is 698. The minimum atomic E-state index is 0.0882. The summed E-state index contributed by atoms with van der Waals surface area (Å²) in [5.41, 5.74) is 0.740. The molecule has 4 heterocycles. The highest BCUT2D eigenvalue weighted by Gasteiger charge is 2.30. The predicted molar refractivity (Wildman–Crippen MR) is 89.6 cm³/mol. The Labute approximate surface area is 139 Å². The van der Waals surface area contributed by atoms with Crippen molar-refractivity contribution in [1.29, 1.82) is 0 Å². The fraction of sp³-hybridized carbons (Fsp3) is 0.600. The maximum Gasteiger partial charge on any atom is 0.227 e. The number of fused-ring (bicyclic) bond motifs is 1. The molecule has 2 aromatic rings. The number of anilines is 1. The summed E-state index contributed by atoms with van der Waals surface area (Å²) in [5, 5.41) is 12.4. The molecule has 2 aliphatic rings. The standard InChI is InChI=1S/C15H20N6OS/c22-15(19-6-8-23-9-7-19)12-2-1-5-20(10-12)14-4-3-13-17-16-11-21(13)18-14/h3-4,11-12H,1-2,5-10H2. The average molecular weight is 332 g/mol. The second-order valence-electron chi connectivity index (χ2n) is 6.05. The van der Waals surface area contributed by atoms with E-state index in [4.69, 9.17) is 0 Å². The van der Waals surface area contributed by atoms with Crippen LogP contribution in [0.25, 0.3) is 5.65 Å². The SMILES string of the molecule is O=C(C1CCCN(c2ccc3nncn3n2)C1)N1CCSCC1. The van der Waals surface area contributed by atoms with E-state index in [-0.39, 0.29) is 5.92 Å². The summed E-state index contributed by atoms with van der Waals surface area (Å²) in [4.78, 5) is 17.0.